The molecule has 1 fully saturated rings. The van der Waals surface area contributed by atoms with Crippen LogP contribution in [0.25, 0.3) is 16.8 Å². The summed E-state index contributed by atoms with van der Waals surface area (Å²) in [6, 6.07) is 15.9. The van der Waals surface area contributed by atoms with Crippen LogP contribution < -0.4 is 0 Å². The van der Waals surface area contributed by atoms with Crippen molar-refractivity contribution in [1.82, 2.24) is 24.8 Å². The number of hydrogen-bond donors (Lipinski definition) is 0. The maximum atomic E-state index is 13.1. The quantitative estimate of drug-likeness (QED) is 0.168. The molecular formula is C32H37N5O3. The van der Waals surface area contributed by atoms with Crippen LogP contribution in [0.5, 0.6) is 0 Å². The van der Waals surface area contributed by atoms with Crippen molar-refractivity contribution in [2.45, 2.75) is 64.7 Å². The number of nitrogens with zero attached hydrogens (tertiary/aromatic N) is 5. The maximum Gasteiger partial charge on any atom is 0.341 e. The topological polar surface area (TPSA) is 91.9 Å². The maximum absolute atomic E-state index is 13.1. The van der Waals surface area contributed by atoms with Gasteiger partial charge in [0.05, 0.1) is 29.9 Å². The van der Waals surface area contributed by atoms with Gasteiger partial charge in [0.25, 0.3) is 0 Å². The van der Waals surface area contributed by atoms with Gasteiger partial charge in [-0.05, 0) is 48.6 Å². The number of carbonyl (C=O) groups excluding carboxylic acids is 2. The Kier molecular flexibility index (Phi) is 8.53. The van der Waals surface area contributed by atoms with Crippen LogP contribution in [-0.2, 0) is 11.8 Å². The van der Waals surface area contributed by atoms with E-state index in [9.17, 15) is 9.59 Å². The van der Waals surface area contributed by atoms with Crippen LogP contribution in [0, 0.1) is 5.92 Å². The van der Waals surface area contributed by atoms with E-state index < -0.39 is 5.97 Å². The molecule has 0 spiro atoms. The molecular weight excluding hydrogens is 502 g/mol. The molecule has 0 bridgehead atoms. The fraction of sp³-hybridized carbons (Fsp3) is 0.406. The molecule has 1 aliphatic carbocycles. The lowest BCUT2D eigenvalue weighted by Crippen LogP contribution is -2.15. The molecule has 1 unspecified atom stereocenters. The fourth-order valence-electron chi connectivity index (χ4n) is 5.79. The average molecular weight is 540 g/mol. The predicted octanol–water partition coefficient (Wildman–Crippen LogP) is 6.54. The van der Waals surface area contributed by atoms with Gasteiger partial charge in [-0.3, -0.25) is 9.48 Å². The van der Waals surface area contributed by atoms with E-state index in [1.165, 1.54) is 19.3 Å². The van der Waals surface area contributed by atoms with Crippen LogP contribution in [0.1, 0.15) is 96.8 Å². The third-order valence-corrected chi connectivity index (χ3v) is 7.82. The molecule has 2 aromatic carbocycles. The van der Waals surface area contributed by atoms with Gasteiger partial charge in [-0.15, -0.1) is 5.10 Å². The summed E-state index contributed by atoms with van der Waals surface area (Å²) in [7, 11) is 1.82. The molecule has 8 heteroatoms. The van der Waals surface area contributed by atoms with Crippen molar-refractivity contribution in [3.05, 3.63) is 83.4 Å². The van der Waals surface area contributed by atoms with Crippen molar-refractivity contribution in [3.8, 4) is 16.8 Å². The zero-order valence-electron chi connectivity index (χ0n) is 23.5. The molecule has 0 N–H and O–H groups in total. The summed E-state index contributed by atoms with van der Waals surface area (Å²) in [5.74, 6) is 0.0976. The first-order chi connectivity index (χ1) is 19.5. The zero-order chi connectivity index (χ0) is 28.1. The second-order valence-electron chi connectivity index (χ2n) is 10.6. The van der Waals surface area contributed by atoms with Gasteiger partial charge >= 0.3 is 5.97 Å². The Morgan fingerprint density at radius 3 is 2.48 bits per heavy atom. The third-order valence-electron chi connectivity index (χ3n) is 7.82. The van der Waals surface area contributed by atoms with Crippen LogP contribution >= 0.6 is 0 Å². The van der Waals surface area contributed by atoms with Crippen molar-refractivity contribution in [1.29, 1.82) is 0 Å². The highest BCUT2D eigenvalue weighted by Gasteiger charge is 2.28. The van der Waals surface area contributed by atoms with Gasteiger partial charge in [-0.25, -0.2) is 9.48 Å². The first-order valence-electron chi connectivity index (χ1n) is 14.3. The number of carbonyl (C=O) groups is 2. The minimum absolute atomic E-state index is 0.208. The first kappa shape index (κ1) is 27.5. The highest BCUT2D eigenvalue weighted by molar-refractivity contribution is 5.97. The van der Waals surface area contributed by atoms with Crippen LogP contribution in [0.4, 0.5) is 0 Å². The normalized spacial score (nSPS) is 14.7. The van der Waals surface area contributed by atoms with Crippen molar-refractivity contribution < 1.29 is 14.3 Å². The minimum Gasteiger partial charge on any atom is -0.462 e. The number of Topliss-reactive ketones (excluding diaryl/α,β-unsaturated/α-hetero) is 1. The van der Waals surface area contributed by atoms with Gasteiger partial charge in [-0.2, -0.15) is 5.10 Å². The van der Waals surface area contributed by atoms with E-state index in [2.05, 4.69) is 22.3 Å². The van der Waals surface area contributed by atoms with Gasteiger partial charge in [0.2, 0.25) is 0 Å². The van der Waals surface area contributed by atoms with Crippen LogP contribution in [0.15, 0.2) is 60.9 Å². The number of esters is 1. The molecule has 0 saturated heterocycles. The molecule has 4 aromatic rings. The molecule has 208 valence electrons. The second-order valence-corrected chi connectivity index (χ2v) is 10.6. The molecule has 0 amide bonds. The first-order valence-corrected chi connectivity index (χ1v) is 14.3. The van der Waals surface area contributed by atoms with Gasteiger partial charge in [0, 0.05) is 31.1 Å². The summed E-state index contributed by atoms with van der Waals surface area (Å²) in [4.78, 5) is 26.1. The van der Waals surface area contributed by atoms with Crippen molar-refractivity contribution in [2.75, 3.05) is 6.61 Å². The highest BCUT2D eigenvalue weighted by atomic mass is 16.5. The Hall–Kier alpha value is -4.07. The predicted molar refractivity (Wildman–Crippen MR) is 154 cm³/mol. The Morgan fingerprint density at radius 1 is 1.02 bits per heavy atom. The summed E-state index contributed by atoms with van der Waals surface area (Å²) in [5, 5.41) is 13.1. The number of ketones is 1. The second kappa shape index (κ2) is 12.4. The zero-order valence-corrected chi connectivity index (χ0v) is 23.5. The highest BCUT2D eigenvalue weighted by Crippen LogP contribution is 2.33. The van der Waals surface area contributed by atoms with Crippen molar-refractivity contribution in [3.63, 3.8) is 0 Å². The van der Waals surface area contributed by atoms with Crippen molar-refractivity contribution >= 4 is 11.8 Å². The smallest absolute Gasteiger partial charge is 0.341 e. The van der Waals surface area contributed by atoms with E-state index in [1.807, 2.05) is 61.8 Å². The molecule has 1 aliphatic rings. The summed E-state index contributed by atoms with van der Waals surface area (Å²) < 4.78 is 8.83. The summed E-state index contributed by atoms with van der Waals surface area (Å²) in [6.45, 7) is 4.12. The lowest BCUT2D eigenvalue weighted by molar-refractivity contribution is 0.0524. The number of rotatable bonds is 10. The molecule has 0 radical (unpaired) electrons. The monoisotopic (exact) mass is 539 g/mol. The van der Waals surface area contributed by atoms with Gasteiger partial charge in [-0.1, -0.05) is 74.6 Å². The molecule has 0 aliphatic heterocycles. The lowest BCUT2D eigenvalue weighted by Gasteiger charge is -2.20. The van der Waals surface area contributed by atoms with Gasteiger partial charge in [0.1, 0.15) is 5.56 Å². The number of hydrogen-bond acceptors (Lipinski definition) is 6. The molecule has 8 nitrogen and oxygen atoms in total. The van der Waals surface area contributed by atoms with E-state index in [0.29, 0.717) is 24.3 Å². The summed E-state index contributed by atoms with van der Waals surface area (Å²) >= 11 is 0. The largest absolute Gasteiger partial charge is 0.462 e. The number of aryl methyl sites for hydroxylation is 1. The molecule has 1 atom stereocenters. The number of benzene rings is 2. The number of ether oxygens (including phenoxy) is 1. The summed E-state index contributed by atoms with van der Waals surface area (Å²) in [5.41, 5.74) is 5.40. The Morgan fingerprint density at radius 2 is 1.77 bits per heavy atom. The Bertz CT molecular complexity index is 1480. The molecule has 2 heterocycles. The lowest BCUT2D eigenvalue weighted by atomic mass is 9.84. The Labute approximate surface area is 235 Å². The summed E-state index contributed by atoms with van der Waals surface area (Å²) in [6.07, 6.45) is 10.8. The molecule has 40 heavy (non-hydrogen) atoms. The van der Waals surface area contributed by atoms with Crippen LogP contribution in [0.3, 0.4) is 0 Å². The van der Waals surface area contributed by atoms with E-state index >= 15 is 0 Å². The third kappa shape index (κ3) is 5.91. The van der Waals surface area contributed by atoms with Crippen molar-refractivity contribution in [2.24, 2.45) is 13.0 Å². The average Bonchev–Trinajstić information content (AvgIpc) is 3.61. The van der Waals surface area contributed by atoms with Gasteiger partial charge < -0.3 is 4.74 Å². The molecule has 5 rings (SSSR count). The van der Waals surface area contributed by atoms with Crippen LogP contribution in [-0.4, -0.2) is 43.1 Å². The van der Waals surface area contributed by atoms with Crippen LogP contribution in [0.2, 0.25) is 0 Å². The Balaban J connectivity index is 1.50. The van der Waals surface area contributed by atoms with Gasteiger partial charge in [0.15, 0.2) is 5.78 Å². The number of aromatic nitrogens is 5. The minimum atomic E-state index is -0.411. The van der Waals surface area contributed by atoms with E-state index in [1.54, 1.807) is 22.5 Å². The van der Waals surface area contributed by atoms with E-state index in [4.69, 9.17) is 4.74 Å². The van der Waals surface area contributed by atoms with E-state index in [-0.39, 0.29) is 18.3 Å². The standard InChI is InChI=1S/C32H37N5O3/c1-4-27(29-21-36(3)35-34-29)31-28(32(39)40-5-2)20-33-37(31)26-16-10-14-24(19-26)23-13-9-15-25(18-23)30(38)17-22-11-7-6-8-12-22/h9-10,13-16,18-22,27H,4-8,11-12,17H2,1-3H3. The fourth-order valence-corrected chi connectivity index (χ4v) is 5.79. The molecule has 1 saturated carbocycles. The van der Waals surface area contributed by atoms with E-state index in [0.717, 1.165) is 46.6 Å². The SMILES string of the molecule is CCOC(=O)c1cnn(-c2cccc(-c3cccc(C(=O)CC4CCCCC4)c3)c2)c1C(CC)c1cn(C)nn1. The molecule has 2 aromatic heterocycles.